The molecule has 0 aromatic carbocycles. The lowest BCUT2D eigenvalue weighted by atomic mass is 10.4. The number of rotatable bonds is 2. The van der Waals surface area contributed by atoms with Gasteiger partial charge in [-0.15, -0.1) is 0 Å². The van der Waals surface area contributed by atoms with Gasteiger partial charge in [0.15, 0.2) is 12.5 Å². The van der Waals surface area contributed by atoms with Crippen molar-refractivity contribution in [3.63, 3.8) is 0 Å². The summed E-state index contributed by atoms with van der Waals surface area (Å²) in [6.45, 7) is 3.32. The van der Waals surface area contributed by atoms with Crippen LogP contribution in [0.3, 0.4) is 0 Å². The molecule has 0 radical (unpaired) electrons. The van der Waals surface area contributed by atoms with Crippen LogP contribution in [0.1, 0.15) is 13.8 Å². The minimum Gasteiger partial charge on any atom is -1.00 e. The second-order valence-electron chi connectivity index (χ2n) is 2.89. The van der Waals surface area contributed by atoms with Crippen molar-refractivity contribution in [3.05, 3.63) is 0 Å². The van der Waals surface area contributed by atoms with Gasteiger partial charge in [-0.05, 0) is 0 Å². The summed E-state index contributed by atoms with van der Waals surface area (Å²) in [5.41, 5.74) is 0. The Morgan fingerprint density at radius 2 is 1.20 bits per heavy atom. The van der Waals surface area contributed by atoms with E-state index in [1.165, 1.54) is 0 Å². The molecular formula is C6H16BrNO2. The molecule has 3 nitrogen and oxygen atoms in total. The lowest BCUT2D eigenvalue weighted by Crippen LogP contribution is -3.00. The van der Waals surface area contributed by atoms with Gasteiger partial charge >= 0.3 is 0 Å². The average Bonchev–Trinajstić information content (AvgIpc) is 1.65. The van der Waals surface area contributed by atoms with E-state index in [0.29, 0.717) is 0 Å². The molecule has 0 saturated heterocycles. The van der Waals surface area contributed by atoms with Crippen LogP contribution in [0.15, 0.2) is 0 Å². The van der Waals surface area contributed by atoms with E-state index in [1.54, 1.807) is 27.9 Å². The fourth-order valence-electron chi connectivity index (χ4n) is 0.312. The summed E-state index contributed by atoms with van der Waals surface area (Å²) in [5, 5.41) is 18.1. The van der Waals surface area contributed by atoms with Crippen LogP contribution in [0, 0.1) is 0 Å². The van der Waals surface area contributed by atoms with Gasteiger partial charge in [0.1, 0.15) is 0 Å². The molecule has 0 aliphatic carbocycles. The highest BCUT2D eigenvalue weighted by atomic mass is 79.9. The van der Waals surface area contributed by atoms with Gasteiger partial charge in [0.2, 0.25) is 0 Å². The molecule has 2 unspecified atom stereocenters. The molecule has 0 bridgehead atoms. The maximum absolute atomic E-state index is 9.06. The first-order valence-corrected chi connectivity index (χ1v) is 3.08. The smallest absolute Gasteiger partial charge is 0.189 e. The molecule has 0 heterocycles. The summed E-state index contributed by atoms with van der Waals surface area (Å²) >= 11 is 0. The molecule has 0 rings (SSSR count). The van der Waals surface area contributed by atoms with Crippen LogP contribution in [0.4, 0.5) is 0 Å². The Bertz CT molecular complexity index is 83.7. The van der Waals surface area contributed by atoms with Crippen molar-refractivity contribution in [3.8, 4) is 0 Å². The molecule has 0 aromatic rings. The third kappa shape index (κ3) is 2.96. The molecule has 0 aliphatic heterocycles. The third-order valence-electron chi connectivity index (χ3n) is 1.93. The van der Waals surface area contributed by atoms with Crippen molar-refractivity contribution >= 4 is 0 Å². The van der Waals surface area contributed by atoms with Gasteiger partial charge in [0.25, 0.3) is 0 Å². The lowest BCUT2D eigenvalue weighted by molar-refractivity contribution is -0.974. The maximum Gasteiger partial charge on any atom is 0.189 e. The molecule has 64 valence electrons. The van der Waals surface area contributed by atoms with E-state index >= 15 is 0 Å². The predicted octanol–water partition coefficient (Wildman–Crippen LogP) is -3.26. The molecule has 0 saturated carbocycles. The molecule has 0 aromatic heterocycles. The molecule has 2 atom stereocenters. The largest absolute Gasteiger partial charge is 1.00 e. The lowest BCUT2D eigenvalue weighted by Gasteiger charge is -2.35. The summed E-state index contributed by atoms with van der Waals surface area (Å²) in [6.07, 6.45) is -1.05. The quantitative estimate of drug-likeness (QED) is 0.374. The molecule has 2 N–H and O–H groups in total. The zero-order valence-corrected chi connectivity index (χ0v) is 8.46. The monoisotopic (exact) mass is 213 g/mol. The number of aliphatic hydroxyl groups is 2. The number of halogens is 1. The second kappa shape index (κ2) is 4.28. The van der Waals surface area contributed by atoms with Crippen LogP contribution in [0.2, 0.25) is 0 Å². The molecule has 0 aliphatic rings. The molecule has 0 amide bonds. The molecule has 4 heteroatoms. The molecule has 0 fully saturated rings. The summed E-state index contributed by atoms with van der Waals surface area (Å²) in [6, 6.07) is 0. The highest BCUT2D eigenvalue weighted by Crippen LogP contribution is 2.07. The van der Waals surface area contributed by atoms with Crippen molar-refractivity contribution in [2.24, 2.45) is 0 Å². The Labute approximate surface area is 72.6 Å². The van der Waals surface area contributed by atoms with E-state index in [2.05, 4.69) is 0 Å². The minimum absolute atomic E-state index is 0. The second-order valence-corrected chi connectivity index (χ2v) is 2.89. The Morgan fingerprint density at radius 1 is 1.00 bits per heavy atom. The number of hydrogen-bond acceptors (Lipinski definition) is 2. The zero-order valence-electron chi connectivity index (χ0n) is 6.87. The maximum atomic E-state index is 9.06. The SMILES string of the molecule is CC(O)[N+](C)(C)C(C)O.[Br-]. The van der Waals surface area contributed by atoms with Crippen LogP contribution in [0.25, 0.3) is 0 Å². The summed E-state index contributed by atoms with van der Waals surface area (Å²) in [4.78, 5) is 0. The average molecular weight is 214 g/mol. The Hall–Kier alpha value is 0.360. The topological polar surface area (TPSA) is 40.5 Å². The Kier molecular flexibility index (Phi) is 5.56. The fraction of sp³-hybridized carbons (Fsp3) is 1.00. The zero-order chi connectivity index (χ0) is 7.65. The molecule has 0 spiro atoms. The fourth-order valence-corrected chi connectivity index (χ4v) is 0.312. The first-order chi connectivity index (χ1) is 3.89. The first kappa shape index (κ1) is 13.0. The van der Waals surface area contributed by atoms with Gasteiger partial charge in [0.05, 0.1) is 14.1 Å². The van der Waals surface area contributed by atoms with Gasteiger partial charge in [-0.1, -0.05) is 0 Å². The normalized spacial score (nSPS) is 17.4. The van der Waals surface area contributed by atoms with Gasteiger partial charge < -0.3 is 27.2 Å². The van der Waals surface area contributed by atoms with Gasteiger partial charge in [0, 0.05) is 13.8 Å². The van der Waals surface area contributed by atoms with Crippen LogP contribution in [-0.2, 0) is 0 Å². The van der Waals surface area contributed by atoms with Crippen molar-refractivity contribution in [1.29, 1.82) is 0 Å². The standard InChI is InChI=1S/C6H16NO2.BrH/c1-5(8)7(3,4)6(2)9;/h5-6,8-9H,1-4H3;1H/q+1;/p-1. The number of quaternary nitrogens is 1. The van der Waals surface area contributed by atoms with Crippen LogP contribution in [-0.4, -0.2) is 41.2 Å². The predicted molar refractivity (Wildman–Crippen MR) is 35.5 cm³/mol. The number of nitrogens with zero attached hydrogens (tertiary/aromatic N) is 1. The molecule has 10 heavy (non-hydrogen) atoms. The summed E-state index contributed by atoms with van der Waals surface area (Å²) < 4.78 is 0.222. The van der Waals surface area contributed by atoms with Crippen LogP contribution in [0.5, 0.6) is 0 Å². The van der Waals surface area contributed by atoms with E-state index in [-0.39, 0.29) is 21.5 Å². The van der Waals surface area contributed by atoms with Crippen molar-refractivity contribution < 1.29 is 31.7 Å². The highest BCUT2D eigenvalue weighted by Gasteiger charge is 2.26. The van der Waals surface area contributed by atoms with Gasteiger partial charge in [-0.25, -0.2) is 0 Å². The summed E-state index contributed by atoms with van der Waals surface area (Å²) in [7, 11) is 3.55. The van der Waals surface area contributed by atoms with Crippen molar-refractivity contribution in [1.82, 2.24) is 0 Å². The van der Waals surface area contributed by atoms with Crippen molar-refractivity contribution in [2.75, 3.05) is 14.1 Å². The van der Waals surface area contributed by atoms with E-state index in [9.17, 15) is 0 Å². The van der Waals surface area contributed by atoms with E-state index in [0.717, 1.165) is 0 Å². The van der Waals surface area contributed by atoms with E-state index < -0.39 is 12.5 Å². The van der Waals surface area contributed by atoms with E-state index in [1.807, 2.05) is 0 Å². The van der Waals surface area contributed by atoms with Gasteiger partial charge in [-0.2, -0.15) is 0 Å². The summed E-state index contributed by atoms with van der Waals surface area (Å²) in [5.74, 6) is 0. The van der Waals surface area contributed by atoms with Crippen molar-refractivity contribution in [2.45, 2.75) is 26.3 Å². The highest BCUT2D eigenvalue weighted by molar-refractivity contribution is 4.31. The molecular weight excluding hydrogens is 198 g/mol. The minimum atomic E-state index is -0.523. The Morgan fingerprint density at radius 3 is 1.20 bits per heavy atom. The van der Waals surface area contributed by atoms with Gasteiger partial charge in [-0.3, -0.25) is 4.48 Å². The van der Waals surface area contributed by atoms with Crippen LogP contribution >= 0.6 is 0 Å². The van der Waals surface area contributed by atoms with E-state index in [4.69, 9.17) is 10.2 Å². The first-order valence-electron chi connectivity index (χ1n) is 3.08. The number of hydrogen-bond donors (Lipinski definition) is 2. The van der Waals surface area contributed by atoms with Crippen LogP contribution < -0.4 is 17.0 Å². The third-order valence-corrected chi connectivity index (χ3v) is 1.93. The Balaban J connectivity index is 0. The number of aliphatic hydroxyl groups excluding tert-OH is 2.